The van der Waals surface area contributed by atoms with Crippen molar-refractivity contribution in [2.45, 2.75) is 18.9 Å². The largest absolute Gasteiger partial charge is 0.502 e. The van der Waals surface area contributed by atoms with E-state index in [-0.39, 0.29) is 12.2 Å². The summed E-state index contributed by atoms with van der Waals surface area (Å²) in [5.74, 6) is -1.36. The molecule has 1 fully saturated rings. The molecule has 1 unspecified atom stereocenters. The number of carbonyl (C=O) groups is 2. The van der Waals surface area contributed by atoms with E-state index < -0.39 is 23.1 Å². The number of esters is 1. The number of hydrogen-bond donors (Lipinski definition) is 1. The molecule has 0 spiro atoms. The Kier molecular flexibility index (Phi) is 6.61. The lowest BCUT2D eigenvalue weighted by molar-refractivity contribution is -0.141. The molecule has 1 aliphatic rings. The average Bonchev–Trinajstić information content (AvgIpc) is 2.75. The minimum Gasteiger partial charge on any atom is -0.502 e. The summed E-state index contributed by atoms with van der Waals surface area (Å²) in [7, 11) is 1.27. The summed E-state index contributed by atoms with van der Waals surface area (Å²) < 4.78 is 10.7. The molecule has 1 saturated heterocycles. The van der Waals surface area contributed by atoms with Crippen LogP contribution in [0.1, 0.15) is 29.4 Å². The van der Waals surface area contributed by atoms with Crippen LogP contribution in [0.4, 0.5) is 0 Å². The van der Waals surface area contributed by atoms with Crippen molar-refractivity contribution in [2.75, 3.05) is 33.3 Å². The minimum atomic E-state index is -0.712. The smallest absolute Gasteiger partial charge is 0.306 e. The van der Waals surface area contributed by atoms with Gasteiger partial charge in [-0.15, -0.1) is 0 Å². The zero-order valence-electron chi connectivity index (χ0n) is 16.1. The zero-order valence-corrected chi connectivity index (χ0v) is 16.1. The summed E-state index contributed by atoms with van der Waals surface area (Å²) in [5.41, 5.74) is 0.0413. The van der Waals surface area contributed by atoms with Crippen LogP contribution in [0.2, 0.25) is 0 Å². The van der Waals surface area contributed by atoms with E-state index in [1.807, 2.05) is 0 Å². The van der Waals surface area contributed by atoms with Gasteiger partial charge in [0.1, 0.15) is 5.76 Å². The van der Waals surface area contributed by atoms with Gasteiger partial charge in [0.05, 0.1) is 26.0 Å². The summed E-state index contributed by atoms with van der Waals surface area (Å²) in [5, 5.41) is 10.4. The topological polar surface area (TPSA) is 113 Å². The van der Waals surface area contributed by atoms with E-state index >= 15 is 0 Å². The molecular formula is C20H23N3O6. The van der Waals surface area contributed by atoms with E-state index in [0.29, 0.717) is 44.0 Å². The lowest BCUT2D eigenvalue weighted by Gasteiger charge is -2.32. The van der Waals surface area contributed by atoms with Gasteiger partial charge in [0, 0.05) is 44.6 Å². The molecule has 0 aliphatic carbocycles. The highest BCUT2D eigenvalue weighted by atomic mass is 16.5. The van der Waals surface area contributed by atoms with Gasteiger partial charge in [0.2, 0.25) is 17.6 Å². The first-order valence-electron chi connectivity index (χ1n) is 9.26. The summed E-state index contributed by atoms with van der Waals surface area (Å²) in [6, 6.07) is 4.69. The van der Waals surface area contributed by atoms with Gasteiger partial charge in [-0.2, -0.15) is 0 Å². The highest BCUT2D eigenvalue weighted by Gasteiger charge is 2.27. The average molecular weight is 401 g/mol. The van der Waals surface area contributed by atoms with Gasteiger partial charge in [-0.05, 0) is 11.6 Å². The maximum Gasteiger partial charge on any atom is 0.306 e. The van der Waals surface area contributed by atoms with Gasteiger partial charge < -0.3 is 19.2 Å². The predicted octanol–water partition coefficient (Wildman–Crippen LogP) is 0.709. The van der Waals surface area contributed by atoms with Crippen LogP contribution in [0.5, 0.6) is 5.75 Å². The first kappa shape index (κ1) is 20.5. The fraction of sp³-hybridized carbons (Fsp3) is 0.400. The number of carbonyl (C=O) groups excluding carboxylic acids is 2. The summed E-state index contributed by atoms with van der Waals surface area (Å²) in [4.78, 5) is 43.0. The van der Waals surface area contributed by atoms with Crippen molar-refractivity contribution >= 4 is 12.4 Å². The molecule has 154 valence electrons. The Bertz CT molecular complexity index is 906. The van der Waals surface area contributed by atoms with Gasteiger partial charge in [-0.3, -0.25) is 24.3 Å². The Morgan fingerprint density at radius 1 is 1.38 bits per heavy atom. The molecule has 9 heteroatoms. The molecule has 1 amide bonds. The molecule has 0 aromatic carbocycles. The lowest BCUT2D eigenvalue weighted by atomic mass is 9.93. The van der Waals surface area contributed by atoms with E-state index in [2.05, 4.69) is 9.88 Å². The van der Waals surface area contributed by atoms with Crippen LogP contribution >= 0.6 is 0 Å². The van der Waals surface area contributed by atoms with Crippen LogP contribution in [0.25, 0.3) is 0 Å². The maximum absolute atomic E-state index is 12.4. The molecule has 0 saturated carbocycles. The molecule has 9 nitrogen and oxygen atoms in total. The highest BCUT2D eigenvalue weighted by molar-refractivity contribution is 5.71. The third-order valence-corrected chi connectivity index (χ3v) is 4.94. The Labute approximate surface area is 167 Å². The molecule has 1 atom stereocenters. The van der Waals surface area contributed by atoms with Crippen LogP contribution in [0.3, 0.4) is 0 Å². The summed E-state index contributed by atoms with van der Waals surface area (Å²) in [6.07, 6.45) is 3.85. The number of ether oxygens (including phenoxy) is 1. The number of methoxy groups -OCH3 is 1. The number of hydrogen-bond acceptors (Lipinski definition) is 8. The van der Waals surface area contributed by atoms with Crippen molar-refractivity contribution in [1.82, 2.24) is 14.8 Å². The van der Waals surface area contributed by atoms with E-state index in [1.165, 1.54) is 13.2 Å². The van der Waals surface area contributed by atoms with Crippen molar-refractivity contribution in [2.24, 2.45) is 0 Å². The van der Waals surface area contributed by atoms with E-state index in [1.54, 1.807) is 29.4 Å². The van der Waals surface area contributed by atoms with Crippen molar-refractivity contribution in [3.05, 3.63) is 57.9 Å². The fourth-order valence-corrected chi connectivity index (χ4v) is 3.31. The zero-order chi connectivity index (χ0) is 20.8. The van der Waals surface area contributed by atoms with Crippen LogP contribution in [-0.2, 0) is 20.9 Å². The van der Waals surface area contributed by atoms with E-state index in [9.17, 15) is 19.5 Å². The third-order valence-electron chi connectivity index (χ3n) is 4.94. The summed E-state index contributed by atoms with van der Waals surface area (Å²) >= 11 is 0. The Balaban J connectivity index is 1.91. The maximum atomic E-state index is 12.4. The van der Waals surface area contributed by atoms with Crippen molar-refractivity contribution < 1.29 is 23.8 Å². The van der Waals surface area contributed by atoms with Crippen molar-refractivity contribution in [1.29, 1.82) is 0 Å². The van der Waals surface area contributed by atoms with E-state index in [4.69, 9.17) is 9.15 Å². The highest BCUT2D eigenvalue weighted by Crippen LogP contribution is 2.33. The number of nitrogens with zero attached hydrogens (tertiary/aromatic N) is 3. The van der Waals surface area contributed by atoms with Gasteiger partial charge in [0.25, 0.3) is 0 Å². The fourth-order valence-electron chi connectivity index (χ4n) is 3.31. The van der Waals surface area contributed by atoms with Gasteiger partial charge in [-0.1, -0.05) is 6.07 Å². The van der Waals surface area contributed by atoms with Crippen molar-refractivity contribution in [3.8, 4) is 5.75 Å². The predicted molar refractivity (Wildman–Crippen MR) is 102 cm³/mol. The van der Waals surface area contributed by atoms with Crippen LogP contribution < -0.4 is 5.43 Å². The second-order valence-electron chi connectivity index (χ2n) is 6.83. The second kappa shape index (κ2) is 9.33. The SMILES string of the molecule is COC(=O)CC(c1cccnc1)c1oc(CN2CCN(C=O)CC2)cc(=O)c1O. The number of rotatable bonds is 7. The molecule has 3 rings (SSSR count). The molecule has 0 bridgehead atoms. The normalized spacial score (nSPS) is 15.7. The molecule has 2 aromatic heterocycles. The molecule has 1 aliphatic heterocycles. The third kappa shape index (κ3) is 5.00. The molecular weight excluding hydrogens is 378 g/mol. The number of piperazine rings is 1. The number of aromatic hydroxyl groups is 1. The first-order valence-corrected chi connectivity index (χ1v) is 9.26. The number of pyridine rings is 1. The molecule has 3 heterocycles. The van der Waals surface area contributed by atoms with Gasteiger partial charge >= 0.3 is 5.97 Å². The van der Waals surface area contributed by atoms with Crippen LogP contribution in [-0.4, -0.2) is 65.6 Å². The molecule has 2 aromatic rings. The molecule has 29 heavy (non-hydrogen) atoms. The standard InChI is InChI=1S/C20H23N3O6/c1-28-18(26)10-16(14-3-2-4-21-11-14)20-19(27)17(25)9-15(29-20)12-22-5-7-23(13-24)8-6-22/h2-4,9,11,13,16,27H,5-8,10,12H2,1H3. The number of amides is 1. The summed E-state index contributed by atoms with van der Waals surface area (Å²) in [6.45, 7) is 2.84. The second-order valence-corrected chi connectivity index (χ2v) is 6.83. The van der Waals surface area contributed by atoms with Gasteiger partial charge in [0.15, 0.2) is 5.76 Å². The monoisotopic (exact) mass is 401 g/mol. The van der Waals surface area contributed by atoms with E-state index in [0.717, 1.165) is 6.41 Å². The van der Waals surface area contributed by atoms with Crippen LogP contribution in [0, 0.1) is 0 Å². The lowest BCUT2D eigenvalue weighted by Crippen LogP contribution is -2.45. The first-order chi connectivity index (χ1) is 14.0. The number of aromatic nitrogens is 1. The van der Waals surface area contributed by atoms with Crippen LogP contribution in [0.15, 0.2) is 39.8 Å². The van der Waals surface area contributed by atoms with Crippen molar-refractivity contribution in [3.63, 3.8) is 0 Å². The molecule has 1 N–H and O–H groups in total. The Morgan fingerprint density at radius 3 is 2.76 bits per heavy atom. The molecule has 0 radical (unpaired) electrons. The minimum absolute atomic E-state index is 0.0115. The van der Waals surface area contributed by atoms with Gasteiger partial charge in [-0.25, -0.2) is 0 Å². The Hall–Kier alpha value is -3.20. The quantitative estimate of drug-likeness (QED) is 0.533. The Morgan fingerprint density at radius 2 is 2.14 bits per heavy atom.